The fourth-order valence-corrected chi connectivity index (χ4v) is 1.58. The zero-order chi connectivity index (χ0) is 13.4. The number of amides is 1. The second kappa shape index (κ2) is 7.01. The van der Waals surface area contributed by atoms with E-state index in [2.05, 4.69) is 5.32 Å². The van der Waals surface area contributed by atoms with Gasteiger partial charge in [-0.3, -0.25) is 0 Å². The number of carbonyl (C=O) groups is 1. The zero-order valence-electron chi connectivity index (χ0n) is 11.0. The normalized spacial score (nSPS) is 13.7. The largest absolute Gasteiger partial charge is 0.445 e. The average molecular weight is 251 g/mol. The van der Waals surface area contributed by atoms with Gasteiger partial charge in [-0.1, -0.05) is 37.3 Å². The number of alkyl carbamates (subject to hydrolysis) is 1. The van der Waals surface area contributed by atoms with Crippen molar-refractivity contribution in [2.45, 2.75) is 38.8 Å². The molecule has 0 radical (unpaired) electrons. The molecule has 0 heterocycles. The third-order valence-electron chi connectivity index (χ3n) is 3.06. The minimum atomic E-state index is -0.448. The van der Waals surface area contributed by atoms with Crippen molar-refractivity contribution in [3.8, 4) is 0 Å². The summed E-state index contributed by atoms with van der Waals surface area (Å²) in [5.41, 5.74) is 0.538. The van der Waals surface area contributed by atoms with E-state index in [1.807, 2.05) is 44.2 Å². The van der Waals surface area contributed by atoms with Gasteiger partial charge in [0.2, 0.25) is 0 Å². The first-order valence-electron chi connectivity index (χ1n) is 6.19. The van der Waals surface area contributed by atoms with Crippen molar-refractivity contribution in [1.29, 1.82) is 0 Å². The van der Waals surface area contributed by atoms with E-state index in [-0.39, 0.29) is 13.2 Å². The van der Waals surface area contributed by atoms with Crippen LogP contribution in [-0.2, 0) is 11.3 Å². The lowest BCUT2D eigenvalue weighted by Crippen LogP contribution is -2.46. The second-order valence-corrected chi connectivity index (χ2v) is 4.57. The molecule has 0 aliphatic heterocycles. The van der Waals surface area contributed by atoms with Crippen LogP contribution in [0.5, 0.6) is 0 Å². The molecule has 0 saturated carbocycles. The van der Waals surface area contributed by atoms with Crippen LogP contribution in [0.1, 0.15) is 32.3 Å². The molecule has 1 aromatic carbocycles. The third-order valence-corrected chi connectivity index (χ3v) is 3.06. The number of ether oxygens (including phenoxy) is 1. The van der Waals surface area contributed by atoms with Crippen LogP contribution in [0.15, 0.2) is 30.3 Å². The van der Waals surface area contributed by atoms with E-state index in [4.69, 9.17) is 9.84 Å². The van der Waals surface area contributed by atoms with Crippen LogP contribution in [-0.4, -0.2) is 23.3 Å². The molecule has 0 bridgehead atoms. The summed E-state index contributed by atoms with van der Waals surface area (Å²) in [7, 11) is 0. The number of benzene rings is 1. The maximum atomic E-state index is 11.7. The molecule has 1 atom stereocenters. The monoisotopic (exact) mass is 251 g/mol. The molecule has 18 heavy (non-hydrogen) atoms. The molecular weight excluding hydrogens is 230 g/mol. The molecule has 0 aliphatic rings. The molecule has 0 aliphatic carbocycles. The molecular formula is C14H21NO3. The fourth-order valence-electron chi connectivity index (χ4n) is 1.58. The quantitative estimate of drug-likeness (QED) is 0.816. The smallest absolute Gasteiger partial charge is 0.407 e. The summed E-state index contributed by atoms with van der Waals surface area (Å²) < 4.78 is 5.14. The predicted octanol–water partition coefficient (Wildman–Crippen LogP) is 2.46. The molecule has 4 heteroatoms. The Labute approximate surface area is 108 Å². The highest BCUT2D eigenvalue weighted by Crippen LogP contribution is 2.14. The standard InChI is InChI=1S/C14H21NO3/c1-3-14(2,9-10-16)15-13(17)18-11-12-7-5-4-6-8-12/h4-8,16H,3,9-11H2,1-2H3,(H,15,17). The Hall–Kier alpha value is -1.55. The van der Waals surface area contributed by atoms with Crippen molar-refractivity contribution >= 4 is 6.09 Å². The lowest BCUT2D eigenvalue weighted by atomic mass is 9.95. The first kappa shape index (κ1) is 14.5. The van der Waals surface area contributed by atoms with Crippen LogP contribution in [0.2, 0.25) is 0 Å². The molecule has 1 aromatic rings. The summed E-state index contributed by atoms with van der Waals surface area (Å²) in [6.07, 6.45) is 0.814. The van der Waals surface area contributed by atoms with E-state index in [0.717, 1.165) is 12.0 Å². The third kappa shape index (κ3) is 4.75. The van der Waals surface area contributed by atoms with Gasteiger partial charge in [-0.25, -0.2) is 4.79 Å². The number of aliphatic hydroxyl groups excluding tert-OH is 1. The molecule has 1 rings (SSSR count). The molecule has 0 spiro atoms. The van der Waals surface area contributed by atoms with Crippen molar-refractivity contribution in [2.24, 2.45) is 0 Å². The second-order valence-electron chi connectivity index (χ2n) is 4.57. The van der Waals surface area contributed by atoms with Crippen molar-refractivity contribution in [3.05, 3.63) is 35.9 Å². The number of carbonyl (C=O) groups excluding carboxylic acids is 1. The topological polar surface area (TPSA) is 58.6 Å². The van der Waals surface area contributed by atoms with Crippen molar-refractivity contribution in [1.82, 2.24) is 5.32 Å². The maximum Gasteiger partial charge on any atom is 0.407 e. The van der Waals surface area contributed by atoms with E-state index in [9.17, 15) is 4.79 Å². The van der Waals surface area contributed by atoms with Gasteiger partial charge in [0.25, 0.3) is 0 Å². The van der Waals surface area contributed by atoms with E-state index < -0.39 is 11.6 Å². The Balaban J connectivity index is 2.41. The molecule has 100 valence electrons. The zero-order valence-corrected chi connectivity index (χ0v) is 11.0. The van der Waals surface area contributed by atoms with Crippen molar-refractivity contribution in [3.63, 3.8) is 0 Å². The van der Waals surface area contributed by atoms with Crippen molar-refractivity contribution in [2.75, 3.05) is 6.61 Å². The van der Waals surface area contributed by atoms with Gasteiger partial charge in [-0.2, -0.15) is 0 Å². The van der Waals surface area contributed by atoms with Gasteiger partial charge >= 0.3 is 6.09 Å². The summed E-state index contributed by atoms with van der Waals surface area (Å²) in [5, 5.41) is 11.8. The van der Waals surface area contributed by atoms with Gasteiger partial charge in [0.15, 0.2) is 0 Å². The highest BCUT2D eigenvalue weighted by atomic mass is 16.5. The lowest BCUT2D eigenvalue weighted by Gasteiger charge is -2.28. The van der Waals surface area contributed by atoms with Crippen LogP contribution in [0.3, 0.4) is 0 Å². The highest BCUT2D eigenvalue weighted by Gasteiger charge is 2.24. The number of rotatable bonds is 6. The molecule has 0 aromatic heterocycles. The average Bonchev–Trinajstić information content (AvgIpc) is 2.38. The number of hydrogen-bond acceptors (Lipinski definition) is 3. The Morgan fingerprint density at radius 3 is 2.61 bits per heavy atom. The number of nitrogens with one attached hydrogen (secondary N) is 1. The Kier molecular flexibility index (Phi) is 5.65. The molecule has 1 amide bonds. The number of aliphatic hydroxyl groups is 1. The molecule has 0 saturated heterocycles. The van der Waals surface area contributed by atoms with E-state index in [0.29, 0.717) is 6.42 Å². The Bertz CT molecular complexity index is 367. The fraction of sp³-hybridized carbons (Fsp3) is 0.500. The molecule has 0 fully saturated rings. The Morgan fingerprint density at radius 1 is 1.39 bits per heavy atom. The predicted molar refractivity (Wildman–Crippen MR) is 70.2 cm³/mol. The van der Waals surface area contributed by atoms with Crippen LogP contribution >= 0.6 is 0 Å². The summed E-state index contributed by atoms with van der Waals surface area (Å²) in [4.78, 5) is 11.7. The van der Waals surface area contributed by atoms with Gasteiger partial charge in [0, 0.05) is 12.1 Å². The SMILES string of the molecule is CCC(C)(CCO)NC(=O)OCc1ccccc1. The Morgan fingerprint density at radius 2 is 2.06 bits per heavy atom. The van der Waals surface area contributed by atoms with Gasteiger partial charge in [0.05, 0.1) is 0 Å². The highest BCUT2D eigenvalue weighted by molar-refractivity contribution is 5.68. The van der Waals surface area contributed by atoms with Gasteiger partial charge < -0.3 is 15.2 Å². The molecule has 4 nitrogen and oxygen atoms in total. The maximum absolute atomic E-state index is 11.7. The first-order valence-corrected chi connectivity index (χ1v) is 6.19. The molecule has 2 N–H and O–H groups in total. The lowest BCUT2D eigenvalue weighted by molar-refractivity contribution is 0.121. The van der Waals surface area contributed by atoms with E-state index in [1.54, 1.807) is 0 Å². The van der Waals surface area contributed by atoms with E-state index >= 15 is 0 Å². The first-order chi connectivity index (χ1) is 8.59. The molecule has 1 unspecified atom stereocenters. The van der Waals surface area contributed by atoms with Crippen LogP contribution in [0.4, 0.5) is 4.79 Å². The minimum Gasteiger partial charge on any atom is -0.445 e. The van der Waals surface area contributed by atoms with Crippen LogP contribution < -0.4 is 5.32 Å². The van der Waals surface area contributed by atoms with E-state index in [1.165, 1.54) is 0 Å². The number of hydrogen-bond donors (Lipinski definition) is 2. The van der Waals surface area contributed by atoms with Crippen molar-refractivity contribution < 1.29 is 14.6 Å². The summed E-state index contributed by atoms with van der Waals surface area (Å²) >= 11 is 0. The summed E-state index contributed by atoms with van der Waals surface area (Å²) in [5.74, 6) is 0. The van der Waals surface area contributed by atoms with Gasteiger partial charge in [-0.05, 0) is 25.3 Å². The minimum absolute atomic E-state index is 0.0449. The summed E-state index contributed by atoms with van der Waals surface area (Å²) in [6, 6.07) is 9.52. The summed E-state index contributed by atoms with van der Waals surface area (Å²) in [6.45, 7) is 4.16. The van der Waals surface area contributed by atoms with Gasteiger partial charge in [0.1, 0.15) is 6.61 Å². The van der Waals surface area contributed by atoms with Gasteiger partial charge in [-0.15, -0.1) is 0 Å². The van der Waals surface area contributed by atoms with Crippen LogP contribution in [0.25, 0.3) is 0 Å². The van der Waals surface area contributed by atoms with Crippen LogP contribution in [0, 0.1) is 0 Å².